The maximum absolute atomic E-state index is 2.69. The molecule has 1 unspecified atom stereocenters. The molecule has 0 saturated carbocycles. The minimum Gasteiger partial charge on any atom is -0.309 e. The molecular formula is C60H51N. The van der Waals surface area contributed by atoms with Gasteiger partial charge >= 0.3 is 0 Å². The summed E-state index contributed by atoms with van der Waals surface area (Å²) in [5.41, 5.74) is 28.6. The molecule has 1 atom stereocenters. The molecule has 0 radical (unpaired) electrons. The Morgan fingerprint density at radius 1 is 0.328 bits per heavy atom. The summed E-state index contributed by atoms with van der Waals surface area (Å²) in [5.74, 6) is 0.210. The molecule has 5 aliphatic rings. The Morgan fingerprint density at radius 2 is 0.721 bits per heavy atom. The van der Waals surface area contributed by atoms with E-state index in [1.54, 1.807) is 0 Å². The van der Waals surface area contributed by atoms with Crippen molar-refractivity contribution in [2.75, 3.05) is 4.90 Å². The zero-order chi connectivity index (χ0) is 41.7. The summed E-state index contributed by atoms with van der Waals surface area (Å²) in [4.78, 5) is 2.69. The normalized spacial score (nSPS) is 18.9. The number of benzene rings is 8. The second kappa shape index (κ2) is 11.2. The Kier molecular flexibility index (Phi) is 6.53. The lowest BCUT2D eigenvalue weighted by Crippen LogP contribution is -2.24. The van der Waals surface area contributed by atoms with Gasteiger partial charge in [0.25, 0.3) is 0 Å². The van der Waals surface area contributed by atoms with Gasteiger partial charge in [-0.05, 0) is 142 Å². The van der Waals surface area contributed by atoms with Gasteiger partial charge in [-0.2, -0.15) is 0 Å². The molecule has 1 nitrogen and oxygen atoms in total. The molecule has 8 aromatic rings. The Morgan fingerprint density at radius 3 is 1.33 bits per heavy atom. The van der Waals surface area contributed by atoms with Crippen LogP contribution in [0.25, 0.3) is 55.3 Å². The van der Waals surface area contributed by atoms with Gasteiger partial charge in [0.15, 0.2) is 0 Å². The molecular weight excluding hydrogens is 735 g/mol. The maximum atomic E-state index is 2.69. The fourth-order valence-corrected chi connectivity index (χ4v) is 13.1. The highest BCUT2D eigenvalue weighted by Gasteiger charge is 2.45. The lowest BCUT2D eigenvalue weighted by molar-refractivity contribution is 0.652. The largest absolute Gasteiger partial charge is 0.309 e. The van der Waals surface area contributed by atoms with Crippen molar-refractivity contribution in [3.63, 3.8) is 0 Å². The molecule has 1 aliphatic heterocycles. The monoisotopic (exact) mass is 785 g/mol. The molecule has 1 heterocycles. The van der Waals surface area contributed by atoms with Gasteiger partial charge in [0.05, 0.1) is 17.1 Å². The van der Waals surface area contributed by atoms with E-state index in [9.17, 15) is 0 Å². The van der Waals surface area contributed by atoms with Crippen LogP contribution >= 0.6 is 0 Å². The zero-order valence-electron chi connectivity index (χ0n) is 36.8. The van der Waals surface area contributed by atoms with Crippen LogP contribution in [0.15, 0.2) is 140 Å². The Balaban J connectivity index is 1.11. The van der Waals surface area contributed by atoms with Crippen molar-refractivity contribution in [3.05, 3.63) is 195 Å². The maximum Gasteiger partial charge on any atom is 0.0543 e. The van der Waals surface area contributed by atoms with Gasteiger partial charge in [0.1, 0.15) is 0 Å². The predicted molar refractivity (Wildman–Crippen MR) is 256 cm³/mol. The summed E-state index contributed by atoms with van der Waals surface area (Å²) in [6.07, 6.45) is 0. The summed E-state index contributed by atoms with van der Waals surface area (Å²) in [7, 11) is 0. The van der Waals surface area contributed by atoms with Crippen molar-refractivity contribution in [1.82, 2.24) is 0 Å². The van der Waals surface area contributed by atoms with Crippen LogP contribution in [0, 0.1) is 0 Å². The average molecular weight is 786 g/mol. The summed E-state index contributed by atoms with van der Waals surface area (Å²) in [5, 5.41) is 2.63. The zero-order valence-corrected chi connectivity index (χ0v) is 36.8. The molecule has 0 spiro atoms. The number of rotatable bonds is 1. The Hall–Kier alpha value is -6.18. The van der Waals surface area contributed by atoms with Crippen LogP contribution in [0.4, 0.5) is 17.1 Å². The number of anilines is 3. The first-order valence-electron chi connectivity index (χ1n) is 22.4. The van der Waals surface area contributed by atoms with Crippen LogP contribution in [0.2, 0.25) is 0 Å². The van der Waals surface area contributed by atoms with Crippen molar-refractivity contribution >= 4 is 27.8 Å². The van der Waals surface area contributed by atoms with Crippen molar-refractivity contribution < 1.29 is 0 Å². The lowest BCUT2D eigenvalue weighted by atomic mass is 9.76. The van der Waals surface area contributed by atoms with E-state index in [0.29, 0.717) is 0 Å². The highest BCUT2D eigenvalue weighted by Crippen LogP contribution is 2.62. The molecule has 0 fully saturated rings. The fraction of sp³-hybridized carbons (Fsp3) is 0.233. The number of fused-ring (bicyclic) bond motifs is 16. The standard InChI is InChI=1S/C60H51N/c1-33-39-26-41-34-18-12-15-23-45(34)59(6,7)51(41)31-55(39)61(53-30-43-36-20-14-17-25-47(36)57(2,3)48(43)27-40(33)53)54-32-52-56(38-22-11-10-21-37(38)54)44-29-49-42(28-50(44)60(52,8)9)35-19-13-16-24-46(35)58(49,4)5/h10-33H,1-9H3. The van der Waals surface area contributed by atoms with E-state index >= 15 is 0 Å². The highest BCUT2D eigenvalue weighted by molar-refractivity contribution is 6.11. The third-order valence-corrected chi connectivity index (χ3v) is 16.5. The topological polar surface area (TPSA) is 3.24 Å². The van der Waals surface area contributed by atoms with E-state index in [2.05, 4.69) is 207 Å². The smallest absolute Gasteiger partial charge is 0.0543 e. The summed E-state index contributed by atoms with van der Waals surface area (Å²) in [6, 6.07) is 54.6. The Labute approximate surface area is 360 Å². The summed E-state index contributed by atoms with van der Waals surface area (Å²) >= 11 is 0. The minimum absolute atomic E-state index is 0.0668. The van der Waals surface area contributed by atoms with E-state index in [1.807, 2.05) is 0 Å². The molecule has 8 aromatic carbocycles. The van der Waals surface area contributed by atoms with Gasteiger partial charge in [0, 0.05) is 33.0 Å². The van der Waals surface area contributed by atoms with Crippen LogP contribution in [0.1, 0.15) is 124 Å². The van der Waals surface area contributed by atoms with Crippen molar-refractivity contribution in [3.8, 4) is 44.5 Å². The van der Waals surface area contributed by atoms with Crippen LogP contribution in [-0.2, 0) is 21.7 Å². The molecule has 61 heavy (non-hydrogen) atoms. The van der Waals surface area contributed by atoms with Crippen molar-refractivity contribution in [2.24, 2.45) is 0 Å². The van der Waals surface area contributed by atoms with Gasteiger partial charge < -0.3 is 4.90 Å². The van der Waals surface area contributed by atoms with Crippen LogP contribution in [-0.4, -0.2) is 0 Å². The SMILES string of the molecule is CC1c2cc3c(cc2N(c2cc4c(c5ccccc25)-c2cc5c(cc2C4(C)C)-c2ccccc2C5(C)C)c2cc4c(cc21)-c1ccccc1C4(C)C)-c1ccccc1C3(C)C. The van der Waals surface area contributed by atoms with Crippen LogP contribution in [0.5, 0.6) is 0 Å². The van der Waals surface area contributed by atoms with Gasteiger partial charge in [-0.15, -0.1) is 0 Å². The minimum atomic E-state index is -0.211. The first-order valence-corrected chi connectivity index (χ1v) is 22.4. The van der Waals surface area contributed by atoms with Gasteiger partial charge in [-0.3, -0.25) is 0 Å². The Bertz CT molecular complexity index is 3330. The summed E-state index contributed by atoms with van der Waals surface area (Å²) in [6.45, 7) is 21.9. The summed E-state index contributed by atoms with van der Waals surface area (Å²) < 4.78 is 0. The van der Waals surface area contributed by atoms with E-state index in [1.165, 1.54) is 128 Å². The molecule has 0 bridgehead atoms. The molecule has 4 aliphatic carbocycles. The van der Waals surface area contributed by atoms with Crippen LogP contribution in [0.3, 0.4) is 0 Å². The van der Waals surface area contributed by atoms with Crippen molar-refractivity contribution in [1.29, 1.82) is 0 Å². The first kappa shape index (κ1) is 35.6. The lowest BCUT2D eigenvalue weighted by Gasteiger charge is -2.40. The quantitative estimate of drug-likeness (QED) is 0.160. The third-order valence-electron chi connectivity index (χ3n) is 16.5. The molecule has 296 valence electrons. The average Bonchev–Trinajstić information content (AvgIpc) is 3.82. The van der Waals surface area contributed by atoms with E-state index in [4.69, 9.17) is 0 Å². The van der Waals surface area contributed by atoms with Gasteiger partial charge in [-0.25, -0.2) is 0 Å². The number of hydrogen-bond donors (Lipinski definition) is 0. The molecule has 0 amide bonds. The molecule has 13 rings (SSSR count). The molecule has 0 aromatic heterocycles. The second-order valence-corrected chi connectivity index (χ2v) is 20.9. The number of hydrogen-bond acceptors (Lipinski definition) is 1. The van der Waals surface area contributed by atoms with E-state index in [0.717, 1.165) is 0 Å². The van der Waals surface area contributed by atoms with Crippen LogP contribution < -0.4 is 4.90 Å². The second-order valence-electron chi connectivity index (χ2n) is 20.9. The highest BCUT2D eigenvalue weighted by atomic mass is 15.2. The fourth-order valence-electron chi connectivity index (χ4n) is 13.1. The van der Waals surface area contributed by atoms with Crippen molar-refractivity contribution in [2.45, 2.75) is 89.9 Å². The first-order chi connectivity index (χ1) is 29.2. The third kappa shape index (κ3) is 4.19. The molecule has 0 saturated heterocycles. The molecule has 1 heteroatoms. The van der Waals surface area contributed by atoms with Gasteiger partial charge in [-0.1, -0.05) is 165 Å². The van der Waals surface area contributed by atoms with E-state index < -0.39 is 0 Å². The van der Waals surface area contributed by atoms with E-state index in [-0.39, 0.29) is 27.6 Å². The predicted octanol–water partition coefficient (Wildman–Crippen LogP) is 16.0. The molecule has 0 N–H and O–H groups in total. The van der Waals surface area contributed by atoms with Gasteiger partial charge in [0.2, 0.25) is 0 Å². The number of nitrogens with zero attached hydrogens (tertiary/aromatic N) is 1.